The Morgan fingerprint density at radius 3 is 1.18 bits per heavy atom. The Bertz CT molecular complexity index is 2890. The molecule has 0 bridgehead atoms. The molecule has 10 nitrogen and oxygen atoms in total. The van der Waals surface area contributed by atoms with Crippen LogP contribution in [0.4, 0.5) is 79.0 Å². The molecule has 4 aromatic carbocycles. The second-order valence-corrected chi connectivity index (χ2v) is 18.4. The molecule has 0 saturated heterocycles. The van der Waals surface area contributed by atoms with Crippen LogP contribution in [0.1, 0.15) is 137 Å². The van der Waals surface area contributed by atoms with Crippen molar-refractivity contribution >= 4 is 23.7 Å². The first kappa shape index (κ1) is 63.9. The lowest BCUT2D eigenvalue weighted by Crippen LogP contribution is -2.55. The van der Waals surface area contributed by atoms with Gasteiger partial charge in [-0.2, -0.15) is 79.0 Å². The van der Waals surface area contributed by atoms with Crippen LogP contribution < -0.4 is 9.47 Å². The zero-order chi connectivity index (χ0) is 60.2. The van der Waals surface area contributed by atoms with E-state index in [0.29, 0.717) is 12.1 Å². The third kappa shape index (κ3) is 11.1. The van der Waals surface area contributed by atoms with Gasteiger partial charge in [-0.1, -0.05) is 65.3 Å². The third-order valence-electron chi connectivity index (χ3n) is 13.6. The minimum Gasteiger partial charge on any atom is -0.487 e. The summed E-state index contributed by atoms with van der Waals surface area (Å²) in [6, 6.07) is -0.556. The summed E-state index contributed by atoms with van der Waals surface area (Å²) in [5, 5.41) is 40.9. The number of carboxylic acids is 2. The van der Waals surface area contributed by atoms with Crippen molar-refractivity contribution in [3.8, 4) is 22.6 Å². The molecule has 0 aromatic heterocycles. The van der Waals surface area contributed by atoms with E-state index < -0.39 is 168 Å². The average molecular weight is 1150 g/mol. The summed E-state index contributed by atoms with van der Waals surface area (Å²) in [6.45, 7) is 8.10. The van der Waals surface area contributed by atoms with Crippen LogP contribution in [0.25, 0.3) is 11.1 Å². The molecule has 4 aromatic rings. The van der Waals surface area contributed by atoms with Gasteiger partial charge in [0.25, 0.3) is 11.2 Å². The van der Waals surface area contributed by atoms with Crippen LogP contribution in [0.5, 0.6) is 11.5 Å². The standard InChI is InChI=1S/C50H44F18O10/c1-7-19-40(5,8-2)36(69)30-22-26(13-15-28(30)37(70)71)42(45(51,52)53,46(54,55)56)27-14-16-29(38(72)73)31(23-27)39(74)77-34-17-11-24(20-32(34)43(75,47(57,58)59)48(60,61)62)25-12-18-35(78-41(6,9-3)10-4)33(21-25)44(76,49(63,64)65)50(66,67)68/h11-18,20-23,75-76H,7-10,19H2,1-6H3,(H,70,71)(H,72,73). The molecule has 0 spiro atoms. The van der Waals surface area contributed by atoms with Crippen molar-refractivity contribution in [1.29, 1.82) is 0 Å². The molecule has 0 amide bonds. The second-order valence-electron chi connectivity index (χ2n) is 18.4. The van der Waals surface area contributed by atoms with Gasteiger partial charge in [-0.25, -0.2) is 14.4 Å². The number of aliphatic hydroxyl groups is 2. The van der Waals surface area contributed by atoms with Crippen molar-refractivity contribution < 1.29 is 128 Å². The molecule has 0 aliphatic rings. The molecule has 1 unspecified atom stereocenters. The van der Waals surface area contributed by atoms with Gasteiger partial charge in [0, 0.05) is 22.1 Å². The third-order valence-corrected chi connectivity index (χ3v) is 13.6. The van der Waals surface area contributed by atoms with E-state index in [1.54, 1.807) is 0 Å². The van der Waals surface area contributed by atoms with Crippen molar-refractivity contribution in [2.75, 3.05) is 0 Å². The van der Waals surface area contributed by atoms with E-state index in [1.807, 2.05) is 0 Å². The van der Waals surface area contributed by atoms with E-state index in [4.69, 9.17) is 4.74 Å². The molecule has 0 aliphatic heterocycles. The van der Waals surface area contributed by atoms with Crippen LogP contribution in [-0.2, 0) is 16.6 Å². The van der Waals surface area contributed by atoms with E-state index in [9.17, 15) is 92.3 Å². The maximum Gasteiger partial charge on any atom is 0.430 e. The second kappa shape index (κ2) is 21.2. The number of carboxylic acid groups (broad SMARTS) is 2. The fourth-order valence-electron chi connectivity index (χ4n) is 8.50. The van der Waals surface area contributed by atoms with Crippen LogP contribution in [0.2, 0.25) is 0 Å². The number of halogens is 18. The van der Waals surface area contributed by atoms with Crippen molar-refractivity contribution in [3.05, 3.63) is 117 Å². The first-order chi connectivity index (χ1) is 35.3. The topological polar surface area (TPSA) is 168 Å². The van der Waals surface area contributed by atoms with Gasteiger partial charge in [0.2, 0.25) is 5.41 Å². The van der Waals surface area contributed by atoms with Gasteiger partial charge >= 0.3 is 55.0 Å². The Morgan fingerprint density at radius 2 is 0.833 bits per heavy atom. The highest BCUT2D eigenvalue weighted by Crippen LogP contribution is 2.59. The first-order valence-electron chi connectivity index (χ1n) is 22.6. The number of carbonyl (C=O) groups is 4. The molecule has 0 saturated carbocycles. The summed E-state index contributed by atoms with van der Waals surface area (Å²) in [6.07, 6.45) is -41.3. The molecular weight excluding hydrogens is 1100 g/mol. The van der Waals surface area contributed by atoms with Gasteiger partial charge in [0.15, 0.2) is 5.78 Å². The predicted octanol–water partition coefficient (Wildman–Crippen LogP) is 14.4. The van der Waals surface area contributed by atoms with E-state index in [1.165, 1.54) is 41.5 Å². The fourth-order valence-corrected chi connectivity index (χ4v) is 8.50. The Balaban J connectivity index is 2.16. The highest BCUT2D eigenvalue weighted by molar-refractivity contribution is 6.08. The van der Waals surface area contributed by atoms with Gasteiger partial charge in [-0.15, -0.1) is 0 Å². The van der Waals surface area contributed by atoms with Crippen molar-refractivity contribution in [1.82, 2.24) is 0 Å². The van der Waals surface area contributed by atoms with E-state index in [0.717, 1.165) is 0 Å². The summed E-state index contributed by atoms with van der Waals surface area (Å²) >= 11 is 0. The zero-order valence-corrected chi connectivity index (χ0v) is 41.0. The number of carbonyl (C=O) groups excluding carboxylic acids is 2. The maximum atomic E-state index is 15.6. The fraction of sp³-hybridized carbons (Fsp3) is 0.440. The molecule has 28 heteroatoms. The quantitative estimate of drug-likeness (QED) is 0.0326. The molecule has 1 atom stereocenters. The van der Waals surface area contributed by atoms with Crippen LogP contribution >= 0.6 is 0 Å². The maximum absolute atomic E-state index is 15.6. The van der Waals surface area contributed by atoms with Gasteiger partial charge < -0.3 is 29.9 Å². The Kier molecular flexibility index (Phi) is 17.4. The largest absolute Gasteiger partial charge is 0.487 e. The average Bonchev–Trinajstić information content (AvgIpc) is 3.31. The highest BCUT2D eigenvalue weighted by atomic mass is 19.4. The van der Waals surface area contributed by atoms with Gasteiger partial charge in [0.1, 0.15) is 17.1 Å². The monoisotopic (exact) mass is 1150 g/mol. The summed E-state index contributed by atoms with van der Waals surface area (Å²) < 4.78 is 278. The summed E-state index contributed by atoms with van der Waals surface area (Å²) in [5.74, 6) is -12.0. The van der Waals surface area contributed by atoms with Crippen molar-refractivity contribution in [3.63, 3.8) is 0 Å². The lowest BCUT2D eigenvalue weighted by molar-refractivity contribution is -0.377. The highest BCUT2D eigenvalue weighted by Gasteiger charge is 2.75. The molecule has 78 heavy (non-hydrogen) atoms. The van der Waals surface area contributed by atoms with E-state index in [2.05, 4.69) is 4.74 Å². The molecule has 0 aliphatic carbocycles. The van der Waals surface area contributed by atoms with Crippen LogP contribution in [0.15, 0.2) is 72.8 Å². The van der Waals surface area contributed by atoms with Crippen LogP contribution in [-0.4, -0.2) is 86.8 Å². The first-order valence-corrected chi connectivity index (χ1v) is 22.6. The van der Waals surface area contributed by atoms with Crippen molar-refractivity contribution in [2.45, 2.75) is 133 Å². The van der Waals surface area contributed by atoms with Crippen LogP contribution in [0, 0.1) is 5.41 Å². The Labute approximate surface area is 429 Å². The number of alkyl halides is 18. The zero-order valence-electron chi connectivity index (χ0n) is 41.0. The number of Topliss-reactive ketones (excluding diaryl/α,β-unsaturated/α-hetero) is 1. The SMILES string of the molecule is CCCC(C)(CC)C(=O)c1cc(C(c2ccc(C(=O)O)c(C(=O)Oc3ccc(-c4ccc(OC(C)(CC)CC)c(C(O)(C(F)(F)F)C(F)(F)F)c4)cc3C(O)(C(F)(F)F)C(F)(F)F)c2)(C(F)(F)F)C(F)(F)F)ccc1C(=O)O. The Morgan fingerprint density at radius 1 is 0.462 bits per heavy atom. The minimum atomic E-state index is -7.04. The lowest BCUT2D eigenvalue weighted by atomic mass is 9.70. The molecule has 0 radical (unpaired) electrons. The van der Waals surface area contributed by atoms with E-state index in [-0.39, 0.29) is 80.6 Å². The number of esters is 1. The van der Waals surface area contributed by atoms with Crippen LogP contribution in [0.3, 0.4) is 0 Å². The number of hydrogen-bond donors (Lipinski definition) is 4. The number of rotatable bonds is 18. The molecular formula is C50H44F18O10. The van der Waals surface area contributed by atoms with Crippen molar-refractivity contribution in [2.24, 2.45) is 5.41 Å². The number of ether oxygens (including phenoxy) is 2. The molecule has 430 valence electrons. The molecule has 4 rings (SSSR count). The van der Waals surface area contributed by atoms with Gasteiger partial charge in [-0.3, -0.25) is 4.79 Å². The number of aromatic carboxylic acids is 2. The number of ketones is 1. The number of benzene rings is 4. The lowest BCUT2D eigenvalue weighted by Gasteiger charge is -2.39. The molecule has 0 fully saturated rings. The predicted molar refractivity (Wildman–Crippen MR) is 236 cm³/mol. The van der Waals surface area contributed by atoms with Gasteiger partial charge in [0.05, 0.1) is 16.7 Å². The summed E-state index contributed by atoms with van der Waals surface area (Å²) in [7, 11) is 0. The normalized spacial score (nSPS) is 14.4. The van der Waals surface area contributed by atoms with Gasteiger partial charge in [-0.05, 0) is 103 Å². The van der Waals surface area contributed by atoms with E-state index >= 15 is 26.3 Å². The molecule has 0 heterocycles. The Hall–Kier alpha value is -6.58. The minimum absolute atomic E-state index is 0.0277. The number of hydrogen-bond acceptors (Lipinski definition) is 8. The molecule has 4 N–H and O–H groups in total. The summed E-state index contributed by atoms with van der Waals surface area (Å²) in [4.78, 5) is 52.5. The smallest absolute Gasteiger partial charge is 0.430 e. The summed E-state index contributed by atoms with van der Waals surface area (Å²) in [5.41, 5.74) is -38.7.